The third kappa shape index (κ3) is 10.5. The molecule has 0 aliphatic carbocycles. The Morgan fingerprint density at radius 2 is 1.95 bits per heavy atom. The lowest BCUT2D eigenvalue weighted by Gasteiger charge is -2.03. The van der Waals surface area contributed by atoms with Crippen LogP contribution in [0.2, 0.25) is 0 Å². The lowest BCUT2D eigenvalue weighted by Crippen LogP contribution is -2.29. The molecular weight excluding hydrogens is 254 g/mol. The van der Waals surface area contributed by atoms with Gasteiger partial charge in [0.2, 0.25) is 0 Å². The van der Waals surface area contributed by atoms with Gasteiger partial charge >= 0.3 is 5.97 Å². The molecule has 0 saturated heterocycles. The van der Waals surface area contributed by atoms with E-state index in [0.29, 0.717) is 13.0 Å². The summed E-state index contributed by atoms with van der Waals surface area (Å²) in [5.41, 5.74) is 17.5. The van der Waals surface area contributed by atoms with Gasteiger partial charge in [-0.2, -0.15) is 0 Å². The van der Waals surface area contributed by atoms with Crippen LogP contribution in [0.4, 0.5) is 0 Å². The number of rotatable bonds is 7. The van der Waals surface area contributed by atoms with E-state index in [9.17, 15) is 4.79 Å². The lowest BCUT2D eigenvalue weighted by molar-refractivity contribution is -0.138. The number of unbranched alkanes of at least 4 members (excludes halogenated alkanes) is 1. The topological polar surface area (TPSA) is 115 Å². The third-order valence-electron chi connectivity index (χ3n) is 2.67. The lowest BCUT2D eigenvalue weighted by atomic mass is 10.1. The van der Waals surface area contributed by atoms with Crippen LogP contribution in [0.3, 0.4) is 0 Å². The highest BCUT2D eigenvalue weighted by Gasteiger charge is 2.09. The number of hydrogen-bond acceptors (Lipinski definition) is 5. The van der Waals surface area contributed by atoms with Gasteiger partial charge in [-0.05, 0) is 38.3 Å². The second kappa shape index (κ2) is 11.4. The molecule has 0 radical (unpaired) electrons. The highest BCUT2D eigenvalue weighted by molar-refractivity contribution is 5.72. The molecule has 0 heterocycles. The first-order valence-electron chi connectivity index (χ1n) is 7.34. The summed E-state index contributed by atoms with van der Waals surface area (Å²) in [6, 6.07) is 9.90. The maximum atomic E-state index is 10.5. The number of benzene rings is 1. The van der Waals surface area contributed by atoms with Crippen molar-refractivity contribution in [2.45, 2.75) is 44.7 Å². The maximum absolute atomic E-state index is 10.5. The summed E-state index contributed by atoms with van der Waals surface area (Å²) < 4.78 is 6.27. The van der Waals surface area contributed by atoms with Gasteiger partial charge in [0.25, 0.3) is 1.43 Å². The number of carbonyl (C=O) groups is 1. The molecule has 1 aromatic carbocycles. The first-order valence-corrected chi connectivity index (χ1v) is 6.93. The van der Waals surface area contributed by atoms with Crippen molar-refractivity contribution in [1.82, 2.24) is 0 Å². The number of carboxylic acids is 1. The molecule has 0 fully saturated rings. The summed E-state index contributed by atoms with van der Waals surface area (Å²) in [5.74, 6) is -0.679. The molecule has 7 N–H and O–H groups in total. The number of nitrogens with two attached hydrogens (primary N) is 3. The molecular formula is C15H27N3O2. The van der Waals surface area contributed by atoms with Crippen LogP contribution in [0, 0.1) is 0 Å². The fraction of sp³-hybridized carbons (Fsp3) is 0.533. The van der Waals surface area contributed by atoms with E-state index in [4.69, 9.17) is 18.6 Å². The van der Waals surface area contributed by atoms with Gasteiger partial charge in [-0.3, -0.25) is 4.79 Å². The van der Waals surface area contributed by atoms with Crippen molar-refractivity contribution >= 4 is 5.97 Å². The molecule has 0 saturated carbocycles. The minimum absolute atomic E-state index is 0.266. The quantitative estimate of drug-likeness (QED) is 0.559. The van der Waals surface area contributed by atoms with Crippen LogP contribution in [0.15, 0.2) is 30.3 Å². The van der Waals surface area contributed by atoms with E-state index in [1.807, 2.05) is 25.1 Å². The predicted octanol–water partition coefficient (Wildman–Crippen LogP) is 1.10. The van der Waals surface area contributed by atoms with Crippen LogP contribution in [0.25, 0.3) is 1.43 Å². The molecule has 5 heteroatoms. The zero-order valence-electron chi connectivity index (χ0n) is 13.1. The Morgan fingerprint density at radius 1 is 1.30 bits per heavy atom. The summed E-state index contributed by atoms with van der Waals surface area (Å²) in [4.78, 5) is 10.5. The summed E-state index contributed by atoms with van der Waals surface area (Å²) in [5, 5.41) is 3.70. The highest BCUT2D eigenvalue weighted by Crippen LogP contribution is 2.00. The average molecular weight is 282 g/mol. The zero-order valence-corrected chi connectivity index (χ0v) is 12.1. The van der Waals surface area contributed by atoms with Gasteiger partial charge in [0.1, 0.15) is 6.04 Å². The summed E-state index contributed by atoms with van der Waals surface area (Å²) in [6.07, 6.45) is 3.15. The number of aliphatic carboxylic acids is 1. The number of carboxylic acid groups (broad SMARTS) is 1. The minimum Gasteiger partial charge on any atom is -0.480 e. The van der Waals surface area contributed by atoms with Crippen LogP contribution in [-0.2, 0) is 11.2 Å². The average Bonchev–Trinajstić information content (AvgIpc) is 2.47. The molecule has 20 heavy (non-hydrogen) atoms. The fourth-order valence-electron chi connectivity index (χ4n) is 1.61. The molecule has 0 amide bonds. The predicted molar refractivity (Wildman–Crippen MR) is 82.3 cm³/mol. The first kappa shape index (κ1) is 16.6. The Balaban J connectivity index is 0.000000382. The van der Waals surface area contributed by atoms with Crippen LogP contribution >= 0.6 is 0 Å². The van der Waals surface area contributed by atoms with Crippen molar-refractivity contribution in [3.63, 3.8) is 0 Å². The van der Waals surface area contributed by atoms with Crippen molar-refractivity contribution in [3.05, 3.63) is 35.9 Å². The second-order valence-corrected chi connectivity index (χ2v) is 4.88. The Bertz CT molecular complexity index is 374. The zero-order chi connectivity index (χ0) is 16.1. The summed E-state index contributed by atoms with van der Waals surface area (Å²) in [6.45, 7) is 2.62. The van der Waals surface area contributed by atoms with Crippen LogP contribution in [0.1, 0.15) is 31.7 Å². The molecule has 5 nitrogen and oxygen atoms in total. The van der Waals surface area contributed by atoms with Gasteiger partial charge in [-0.25, -0.2) is 0 Å². The molecule has 1 aromatic rings. The van der Waals surface area contributed by atoms with Crippen molar-refractivity contribution in [1.29, 1.82) is 1.43 Å². The molecule has 0 bridgehead atoms. The SMILES string of the molecule is CC(N)Cc1ccccc1.[2H]OC(=O)C(N)CCCCN. The van der Waals surface area contributed by atoms with Gasteiger partial charge in [0.15, 0.2) is 0 Å². The smallest absolute Gasteiger partial charge is 0.320 e. The van der Waals surface area contributed by atoms with Gasteiger partial charge in [0, 0.05) is 6.04 Å². The van der Waals surface area contributed by atoms with Crippen LogP contribution < -0.4 is 17.2 Å². The molecule has 2 atom stereocenters. The van der Waals surface area contributed by atoms with E-state index in [0.717, 1.165) is 19.3 Å². The van der Waals surface area contributed by atoms with E-state index < -0.39 is 12.0 Å². The van der Waals surface area contributed by atoms with Gasteiger partial charge < -0.3 is 22.3 Å². The molecule has 0 aliphatic rings. The first-order chi connectivity index (χ1) is 10.0. The van der Waals surface area contributed by atoms with Gasteiger partial charge in [-0.1, -0.05) is 36.8 Å². The normalized spacial score (nSPS) is 13.5. The number of hydrogen-bond donors (Lipinski definition) is 4. The maximum Gasteiger partial charge on any atom is 0.320 e. The van der Waals surface area contributed by atoms with E-state index in [2.05, 4.69) is 17.2 Å². The van der Waals surface area contributed by atoms with E-state index in [1.165, 1.54) is 5.56 Å². The van der Waals surface area contributed by atoms with Crippen molar-refractivity contribution < 1.29 is 9.90 Å². The molecule has 0 spiro atoms. The monoisotopic (exact) mass is 282 g/mol. The van der Waals surface area contributed by atoms with E-state index in [-0.39, 0.29) is 6.04 Å². The molecule has 2 unspecified atom stereocenters. The Hall–Kier alpha value is -1.43. The Kier molecular flexibility index (Phi) is 9.48. The van der Waals surface area contributed by atoms with E-state index >= 15 is 0 Å². The highest BCUT2D eigenvalue weighted by atomic mass is 16.4. The second-order valence-electron chi connectivity index (χ2n) is 4.88. The summed E-state index contributed by atoms with van der Waals surface area (Å²) in [7, 11) is 0. The van der Waals surface area contributed by atoms with E-state index in [1.54, 1.807) is 0 Å². The van der Waals surface area contributed by atoms with Crippen molar-refractivity contribution in [2.24, 2.45) is 17.2 Å². The van der Waals surface area contributed by atoms with Gasteiger partial charge in [0.05, 0.1) is 0 Å². The molecule has 0 aliphatic heterocycles. The van der Waals surface area contributed by atoms with Crippen molar-refractivity contribution in [2.75, 3.05) is 6.54 Å². The van der Waals surface area contributed by atoms with Crippen molar-refractivity contribution in [3.8, 4) is 0 Å². The molecule has 1 rings (SSSR count). The standard InChI is InChI=1S/C9H13N.C6H14N2O2/c1-8(10)7-9-5-3-2-4-6-9;7-4-2-1-3-5(8)6(9)10/h2-6,8H,7,10H2,1H3;5H,1-4,7-8H2,(H,9,10)/i/hD. The Labute approximate surface area is 122 Å². The van der Waals surface area contributed by atoms with Gasteiger partial charge in [-0.15, -0.1) is 0 Å². The third-order valence-corrected chi connectivity index (χ3v) is 2.67. The minimum atomic E-state index is -0.679. The fourth-order valence-corrected chi connectivity index (χ4v) is 1.61. The Morgan fingerprint density at radius 3 is 2.45 bits per heavy atom. The van der Waals surface area contributed by atoms with Crippen LogP contribution in [0.5, 0.6) is 0 Å². The molecule has 0 aromatic heterocycles. The summed E-state index contributed by atoms with van der Waals surface area (Å²) >= 11 is 0. The van der Waals surface area contributed by atoms with Crippen LogP contribution in [-0.4, -0.2) is 29.7 Å². The molecule has 114 valence electrons. The largest absolute Gasteiger partial charge is 0.480 e.